The molecule has 18 heavy (non-hydrogen) atoms. The van der Waals surface area contributed by atoms with Crippen LogP contribution in [0, 0.1) is 19.7 Å². The summed E-state index contributed by atoms with van der Waals surface area (Å²) in [5, 5.41) is 0.761. The number of pyridine rings is 1. The molecule has 94 valence electrons. The molecule has 0 unspecified atom stereocenters. The first-order chi connectivity index (χ1) is 8.60. The van der Waals surface area contributed by atoms with Gasteiger partial charge in [0.25, 0.3) is 0 Å². The molecule has 0 aliphatic rings. The number of rotatable bonds is 3. The predicted molar refractivity (Wildman–Crippen MR) is 72.8 cm³/mol. The van der Waals surface area contributed by atoms with Crippen LogP contribution >= 0.6 is 15.9 Å². The van der Waals surface area contributed by atoms with Gasteiger partial charge in [0.1, 0.15) is 11.6 Å². The Balaban J connectivity index is 2.25. The lowest BCUT2D eigenvalue weighted by Crippen LogP contribution is -1.94. The predicted octanol–water partition coefficient (Wildman–Crippen LogP) is 4.52. The molecule has 0 fully saturated rings. The van der Waals surface area contributed by atoms with E-state index in [1.165, 1.54) is 6.07 Å². The second-order valence-electron chi connectivity index (χ2n) is 4.11. The van der Waals surface area contributed by atoms with E-state index in [1.54, 1.807) is 25.3 Å². The van der Waals surface area contributed by atoms with Crippen LogP contribution in [0.1, 0.15) is 16.7 Å². The van der Waals surface area contributed by atoms with Crippen LogP contribution in [-0.4, -0.2) is 4.98 Å². The second kappa shape index (κ2) is 5.48. The lowest BCUT2D eigenvalue weighted by atomic mass is 10.2. The SMILES string of the molecule is Cc1cc(Oc2ncc(CBr)cc2C)ccc1F. The van der Waals surface area contributed by atoms with Gasteiger partial charge in [-0.25, -0.2) is 9.37 Å². The second-order valence-corrected chi connectivity index (χ2v) is 4.67. The van der Waals surface area contributed by atoms with Crippen molar-refractivity contribution in [3.63, 3.8) is 0 Å². The van der Waals surface area contributed by atoms with Gasteiger partial charge in [-0.2, -0.15) is 0 Å². The minimum absolute atomic E-state index is 0.235. The number of aromatic nitrogens is 1. The van der Waals surface area contributed by atoms with E-state index in [1.807, 2.05) is 13.0 Å². The smallest absolute Gasteiger partial charge is 0.222 e. The van der Waals surface area contributed by atoms with Crippen molar-refractivity contribution in [2.24, 2.45) is 0 Å². The van der Waals surface area contributed by atoms with Gasteiger partial charge in [0.15, 0.2) is 0 Å². The Morgan fingerprint density at radius 2 is 2.00 bits per heavy atom. The lowest BCUT2D eigenvalue weighted by molar-refractivity contribution is 0.456. The number of ether oxygens (including phenoxy) is 1. The Morgan fingerprint density at radius 1 is 1.22 bits per heavy atom. The molecule has 2 rings (SSSR count). The number of hydrogen-bond acceptors (Lipinski definition) is 2. The fraction of sp³-hybridized carbons (Fsp3) is 0.214. The Bertz CT molecular complexity index is 572. The molecule has 4 heteroatoms. The molecule has 0 aliphatic carbocycles. The Hall–Kier alpha value is -1.42. The van der Waals surface area contributed by atoms with Gasteiger partial charge in [0.2, 0.25) is 5.88 Å². The maximum Gasteiger partial charge on any atom is 0.222 e. The highest BCUT2D eigenvalue weighted by Crippen LogP contribution is 2.25. The molecule has 1 aromatic carbocycles. The molecule has 1 aromatic heterocycles. The zero-order valence-electron chi connectivity index (χ0n) is 10.2. The van der Waals surface area contributed by atoms with Crippen molar-refractivity contribution in [1.82, 2.24) is 4.98 Å². The van der Waals surface area contributed by atoms with Crippen LogP contribution in [0.5, 0.6) is 11.6 Å². The fourth-order valence-corrected chi connectivity index (χ4v) is 1.90. The first-order valence-electron chi connectivity index (χ1n) is 5.55. The summed E-state index contributed by atoms with van der Waals surface area (Å²) in [6, 6.07) is 6.66. The summed E-state index contributed by atoms with van der Waals surface area (Å²) < 4.78 is 18.8. The third-order valence-electron chi connectivity index (χ3n) is 2.59. The Kier molecular flexibility index (Phi) is 3.97. The van der Waals surface area contributed by atoms with Gasteiger partial charge in [0.05, 0.1) is 0 Å². The quantitative estimate of drug-likeness (QED) is 0.777. The molecule has 2 aromatic rings. The van der Waals surface area contributed by atoms with E-state index in [0.29, 0.717) is 17.2 Å². The largest absolute Gasteiger partial charge is 0.439 e. The zero-order chi connectivity index (χ0) is 13.1. The van der Waals surface area contributed by atoms with E-state index in [0.717, 1.165) is 16.5 Å². The summed E-state index contributed by atoms with van der Waals surface area (Å²) >= 11 is 3.38. The molecule has 0 bridgehead atoms. The normalized spacial score (nSPS) is 10.4. The van der Waals surface area contributed by atoms with E-state index in [-0.39, 0.29) is 5.82 Å². The minimum Gasteiger partial charge on any atom is -0.439 e. The van der Waals surface area contributed by atoms with Gasteiger partial charge < -0.3 is 4.74 Å². The van der Waals surface area contributed by atoms with Gasteiger partial charge in [-0.15, -0.1) is 0 Å². The third kappa shape index (κ3) is 2.88. The monoisotopic (exact) mass is 309 g/mol. The molecule has 0 atom stereocenters. The van der Waals surface area contributed by atoms with Crippen molar-refractivity contribution in [3.05, 3.63) is 53.0 Å². The average Bonchev–Trinajstić information content (AvgIpc) is 2.36. The van der Waals surface area contributed by atoms with Crippen molar-refractivity contribution >= 4 is 15.9 Å². The third-order valence-corrected chi connectivity index (χ3v) is 3.23. The Morgan fingerprint density at radius 3 is 2.61 bits per heavy atom. The van der Waals surface area contributed by atoms with Crippen LogP contribution in [0.25, 0.3) is 0 Å². The first-order valence-corrected chi connectivity index (χ1v) is 6.68. The highest BCUT2D eigenvalue weighted by atomic mass is 79.9. The molecule has 2 nitrogen and oxygen atoms in total. The highest BCUT2D eigenvalue weighted by molar-refractivity contribution is 9.08. The summed E-state index contributed by atoms with van der Waals surface area (Å²) in [6.07, 6.45) is 1.76. The topological polar surface area (TPSA) is 22.1 Å². The number of aryl methyl sites for hydroxylation is 2. The van der Waals surface area contributed by atoms with Crippen LogP contribution in [0.15, 0.2) is 30.5 Å². The molecule has 0 aliphatic heterocycles. The van der Waals surface area contributed by atoms with Crippen LogP contribution in [0.4, 0.5) is 4.39 Å². The van der Waals surface area contributed by atoms with Crippen molar-refractivity contribution < 1.29 is 9.13 Å². The van der Waals surface area contributed by atoms with Gasteiger partial charge >= 0.3 is 0 Å². The fourth-order valence-electron chi connectivity index (χ4n) is 1.59. The zero-order valence-corrected chi connectivity index (χ0v) is 11.8. The minimum atomic E-state index is -0.235. The van der Waals surface area contributed by atoms with Gasteiger partial charge in [-0.05, 0) is 49.2 Å². The van der Waals surface area contributed by atoms with E-state index < -0.39 is 0 Å². The number of hydrogen-bond donors (Lipinski definition) is 0. The van der Waals surface area contributed by atoms with E-state index in [4.69, 9.17) is 4.74 Å². The average molecular weight is 310 g/mol. The first kappa shape index (κ1) is 13.0. The standard InChI is InChI=1S/C14H13BrFNO/c1-9-6-12(3-4-13(9)16)18-14-10(2)5-11(7-15)8-17-14/h3-6,8H,7H2,1-2H3. The molecule has 0 saturated heterocycles. The van der Waals surface area contributed by atoms with Crippen LogP contribution < -0.4 is 4.74 Å². The van der Waals surface area contributed by atoms with Crippen molar-refractivity contribution in [1.29, 1.82) is 0 Å². The van der Waals surface area contributed by atoms with Crippen molar-refractivity contribution in [3.8, 4) is 11.6 Å². The molecule has 0 spiro atoms. The van der Waals surface area contributed by atoms with E-state index in [2.05, 4.69) is 20.9 Å². The number of nitrogens with zero attached hydrogens (tertiary/aromatic N) is 1. The van der Waals surface area contributed by atoms with Gasteiger partial charge in [-0.3, -0.25) is 0 Å². The maximum absolute atomic E-state index is 13.1. The molecular formula is C14H13BrFNO. The molecule has 0 radical (unpaired) electrons. The molecule has 0 N–H and O–H groups in total. The summed E-state index contributed by atoms with van der Waals surface area (Å²) in [4.78, 5) is 4.25. The molecule has 0 saturated carbocycles. The Labute approximate surface area is 114 Å². The van der Waals surface area contributed by atoms with Gasteiger partial charge in [-0.1, -0.05) is 15.9 Å². The van der Waals surface area contributed by atoms with Crippen LogP contribution in [0.2, 0.25) is 0 Å². The van der Waals surface area contributed by atoms with Crippen molar-refractivity contribution in [2.45, 2.75) is 19.2 Å². The summed E-state index contributed by atoms with van der Waals surface area (Å²) in [7, 11) is 0. The number of alkyl halides is 1. The molecular weight excluding hydrogens is 297 g/mol. The maximum atomic E-state index is 13.1. The summed E-state index contributed by atoms with van der Waals surface area (Å²) in [5.41, 5.74) is 2.60. The number of halogens is 2. The summed E-state index contributed by atoms with van der Waals surface area (Å²) in [6.45, 7) is 3.64. The molecule has 1 heterocycles. The summed E-state index contributed by atoms with van der Waals surface area (Å²) in [5.74, 6) is 0.906. The van der Waals surface area contributed by atoms with Crippen LogP contribution in [-0.2, 0) is 5.33 Å². The number of benzene rings is 1. The van der Waals surface area contributed by atoms with Gasteiger partial charge in [0, 0.05) is 17.1 Å². The van der Waals surface area contributed by atoms with Crippen molar-refractivity contribution in [2.75, 3.05) is 0 Å². The molecule has 0 amide bonds. The highest BCUT2D eigenvalue weighted by Gasteiger charge is 2.06. The van der Waals surface area contributed by atoms with Crippen LogP contribution in [0.3, 0.4) is 0 Å². The lowest BCUT2D eigenvalue weighted by Gasteiger charge is -2.09. The van der Waals surface area contributed by atoms with E-state index in [9.17, 15) is 4.39 Å². The van der Waals surface area contributed by atoms with E-state index >= 15 is 0 Å².